The van der Waals surface area contributed by atoms with Crippen molar-refractivity contribution in [2.75, 3.05) is 25.0 Å². The summed E-state index contributed by atoms with van der Waals surface area (Å²) in [6.45, 7) is 0.655. The van der Waals surface area contributed by atoms with Gasteiger partial charge in [0.2, 0.25) is 11.8 Å². The fourth-order valence-electron chi connectivity index (χ4n) is 4.13. The third kappa shape index (κ3) is 7.50. The molecular weight excluding hydrogens is 583 g/mol. The Morgan fingerprint density at radius 3 is 2.20 bits per heavy atom. The molecule has 13 heteroatoms. The number of rotatable bonds is 11. The summed E-state index contributed by atoms with van der Waals surface area (Å²) in [4.78, 5) is 27.6. The van der Waals surface area contributed by atoms with Crippen LogP contribution in [-0.2, 0) is 32.3 Å². The van der Waals surface area contributed by atoms with E-state index in [1.54, 1.807) is 37.3 Å². The van der Waals surface area contributed by atoms with Gasteiger partial charge in [0.25, 0.3) is 10.0 Å². The lowest BCUT2D eigenvalue weighted by molar-refractivity contribution is -0.140. The number of ether oxygens (including phenoxy) is 1. The van der Waals surface area contributed by atoms with Gasteiger partial charge in [0.15, 0.2) is 0 Å². The van der Waals surface area contributed by atoms with Crippen LogP contribution >= 0.6 is 11.6 Å². The molecule has 3 aromatic carbocycles. The summed E-state index contributed by atoms with van der Waals surface area (Å²) in [5.41, 5.74) is -1.07. The van der Waals surface area contributed by atoms with E-state index in [1.165, 1.54) is 43.3 Å². The molecule has 0 aliphatic heterocycles. The molecule has 0 aliphatic rings. The molecule has 220 valence electrons. The van der Waals surface area contributed by atoms with Gasteiger partial charge in [-0.05, 0) is 54.4 Å². The fraction of sp³-hybridized carbons (Fsp3) is 0.286. The number of anilines is 1. The van der Waals surface area contributed by atoms with Crippen LogP contribution in [0.2, 0.25) is 5.02 Å². The number of hydrogen-bond donors (Lipinski definition) is 1. The molecular formula is C28H29ClF3N3O5S. The minimum atomic E-state index is -4.81. The van der Waals surface area contributed by atoms with E-state index in [9.17, 15) is 31.2 Å². The average molecular weight is 612 g/mol. The van der Waals surface area contributed by atoms with Gasteiger partial charge in [0.1, 0.15) is 18.3 Å². The van der Waals surface area contributed by atoms with E-state index < -0.39 is 51.9 Å². The number of nitrogens with zero attached hydrogens (tertiary/aromatic N) is 2. The van der Waals surface area contributed by atoms with E-state index >= 15 is 0 Å². The largest absolute Gasteiger partial charge is 0.497 e. The molecule has 0 radical (unpaired) electrons. The van der Waals surface area contributed by atoms with Crippen LogP contribution in [0.1, 0.15) is 24.5 Å². The lowest BCUT2D eigenvalue weighted by atomic mass is 10.1. The van der Waals surface area contributed by atoms with Gasteiger partial charge in [-0.3, -0.25) is 13.9 Å². The monoisotopic (exact) mass is 611 g/mol. The number of amides is 2. The molecule has 1 N–H and O–H groups in total. The van der Waals surface area contributed by atoms with Crippen molar-refractivity contribution >= 4 is 39.1 Å². The number of carbonyl (C=O) groups is 2. The summed E-state index contributed by atoms with van der Waals surface area (Å²) in [5.74, 6) is -0.766. The summed E-state index contributed by atoms with van der Waals surface area (Å²) in [6.07, 6.45) is -4.63. The Morgan fingerprint density at radius 1 is 1.02 bits per heavy atom. The van der Waals surface area contributed by atoms with Crippen molar-refractivity contribution in [2.45, 2.75) is 37.0 Å². The van der Waals surface area contributed by atoms with E-state index in [4.69, 9.17) is 16.3 Å². The van der Waals surface area contributed by atoms with E-state index in [0.29, 0.717) is 21.7 Å². The molecule has 0 aromatic heterocycles. The lowest BCUT2D eigenvalue weighted by Crippen LogP contribution is -2.51. The highest BCUT2D eigenvalue weighted by molar-refractivity contribution is 7.92. The number of likely N-dealkylation sites (N-methyl/N-ethyl adjacent to an activating group) is 1. The standard InChI is InChI=1S/C28H29ClF3N3O5S/c1-4-24(27(37)33-2)34(17-19-10-13-21(40-3)14-11-19)26(36)18-35(41(38,39)22-8-6-5-7-9-22)25-16-20(28(30,31)32)12-15-23(25)29/h5-16,24H,4,17-18H2,1-3H3,(H,33,37)/t24-/m1/s1. The van der Waals surface area contributed by atoms with E-state index in [-0.39, 0.29) is 22.9 Å². The number of halogens is 4. The molecule has 0 spiro atoms. The topological polar surface area (TPSA) is 96.0 Å². The van der Waals surface area contributed by atoms with Crippen LogP contribution in [0, 0.1) is 0 Å². The smallest absolute Gasteiger partial charge is 0.416 e. The second-order valence-corrected chi connectivity index (χ2v) is 11.2. The molecule has 3 rings (SSSR count). The van der Waals surface area contributed by atoms with Crippen molar-refractivity contribution in [1.82, 2.24) is 10.2 Å². The summed E-state index contributed by atoms with van der Waals surface area (Å²) < 4.78 is 74.1. The third-order valence-corrected chi connectivity index (χ3v) is 8.39. The normalized spacial score (nSPS) is 12.4. The van der Waals surface area contributed by atoms with E-state index in [1.807, 2.05) is 0 Å². The van der Waals surface area contributed by atoms with Crippen LogP contribution in [-0.4, -0.2) is 51.9 Å². The average Bonchev–Trinajstić information content (AvgIpc) is 2.96. The summed E-state index contributed by atoms with van der Waals surface area (Å²) in [6, 6.07) is 14.8. The van der Waals surface area contributed by atoms with Gasteiger partial charge in [0.05, 0.1) is 28.3 Å². The van der Waals surface area contributed by atoms with E-state index in [0.717, 1.165) is 12.1 Å². The summed E-state index contributed by atoms with van der Waals surface area (Å²) in [5, 5.41) is 2.18. The van der Waals surface area contributed by atoms with Crippen molar-refractivity contribution in [3.63, 3.8) is 0 Å². The lowest BCUT2D eigenvalue weighted by Gasteiger charge is -2.33. The Morgan fingerprint density at radius 2 is 1.66 bits per heavy atom. The molecule has 41 heavy (non-hydrogen) atoms. The van der Waals surface area contributed by atoms with Crippen LogP contribution in [0.4, 0.5) is 18.9 Å². The molecule has 0 unspecified atom stereocenters. The van der Waals surface area contributed by atoms with Gasteiger partial charge in [0, 0.05) is 13.6 Å². The van der Waals surface area contributed by atoms with Crippen molar-refractivity contribution in [3.8, 4) is 5.75 Å². The predicted octanol–water partition coefficient (Wildman–Crippen LogP) is 5.12. The Balaban J connectivity index is 2.14. The SMILES string of the molecule is CC[C@H](C(=O)NC)N(Cc1ccc(OC)cc1)C(=O)CN(c1cc(C(F)(F)F)ccc1Cl)S(=O)(=O)c1ccccc1. The number of hydrogen-bond acceptors (Lipinski definition) is 5. The number of alkyl halides is 3. The second-order valence-electron chi connectivity index (χ2n) is 8.90. The Labute approximate surface area is 241 Å². The molecule has 0 saturated carbocycles. The second kappa shape index (κ2) is 13.3. The maximum Gasteiger partial charge on any atom is 0.416 e. The van der Waals surface area contributed by atoms with Gasteiger partial charge in [-0.2, -0.15) is 13.2 Å². The fourth-order valence-corrected chi connectivity index (χ4v) is 5.84. The van der Waals surface area contributed by atoms with Gasteiger partial charge in [-0.25, -0.2) is 8.42 Å². The molecule has 1 atom stereocenters. The van der Waals surface area contributed by atoms with Crippen molar-refractivity contribution in [1.29, 1.82) is 0 Å². The van der Waals surface area contributed by atoms with Crippen molar-refractivity contribution < 1.29 is 35.9 Å². The first-order chi connectivity index (χ1) is 19.3. The highest BCUT2D eigenvalue weighted by Gasteiger charge is 2.36. The zero-order chi connectivity index (χ0) is 30.4. The Kier molecular flexibility index (Phi) is 10.3. The van der Waals surface area contributed by atoms with Crippen molar-refractivity contribution in [3.05, 3.63) is 88.9 Å². The van der Waals surface area contributed by atoms with Gasteiger partial charge in [-0.1, -0.05) is 48.9 Å². The minimum absolute atomic E-state index is 0.0930. The van der Waals surface area contributed by atoms with Crippen LogP contribution in [0.25, 0.3) is 0 Å². The zero-order valence-electron chi connectivity index (χ0n) is 22.5. The first-order valence-electron chi connectivity index (χ1n) is 12.4. The Hall–Kier alpha value is -3.77. The van der Waals surface area contributed by atoms with Crippen LogP contribution in [0.15, 0.2) is 77.7 Å². The number of benzene rings is 3. The molecule has 0 saturated heterocycles. The number of nitrogens with one attached hydrogen (secondary N) is 1. The maximum absolute atomic E-state index is 13.9. The molecule has 8 nitrogen and oxygen atoms in total. The first kappa shape index (κ1) is 31.8. The predicted molar refractivity (Wildman–Crippen MR) is 149 cm³/mol. The van der Waals surface area contributed by atoms with Gasteiger partial charge >= 0.3 is 6.18 Å². The number of carbonyl (C=O) groups excluding carboxylic acids is 2. The minimum Gasteiger partial charge on any atom is -0.497 e. The molecule has 3 aromatic rings. The quantitative estimate of drug-likeness (QED) is 0.325. The molecule has 2 amide bonds. The highest BCUT2D eigenvalue weighted by Crippen LogP contribution is 2.37. The third-order valence-electron chi connectivity index (χ3n) is 6.30. The molecule has 0 aliphatic carbocycles. The van der Waals surface area contributed by atoms with Gasteiger partial charge < -0.3 is 15.0 Å². The summed E-state index contributed by atoms with van der Waals surface area (Å²) >= 11 is 6.24. The zero-order valence-corrected chi connectivity index (χ0v) is 24.1. The highest BCUT2D eigenvalue weighted by atomic mass is 35.5. The van der Waals surface area contributed by atoms with Crippen LogP contribution in [0.5, 0.6) is 5.75 Å². The number of sulfonamides is 1. The molecule has 0 fully saturated rings. The van der Waals surface area contributed by atoms with E-state index in [2.05, 4.69) is 5.32 Å². The van der Waals surface area contributed by atoms with Crippen LogP contribution < -0.4 is 14.4 Å². The summed E-state index contributed by atoms with van der Waals surface area (Å²) in [7, 11) is -1.70. The Bertz CT molecular complexity index is 1470. The maximum atomic E-state index is 13.9. The molecule has 0 bridgehead atoms. The van der Waals surface area contributed by atoms with Gasteiger partial charge in [-0.15, -0.1) is 0 Å². The molecule has 0 heterocycles. The van der Waals surface area contributed by atoms with Crippen molar-refractivity contribution in [2.24, 2.45) is 0 Å². The number of methoxy groups -OCH3 is 1. The van der Waals surface area contributed by atoms with Crippen LogP contribution in [0.3, 0.4) is 0 Å². The first-order valence-corrected chi connectivity index (χ1v) is 14.2.